The Kier molecular flexibility index (Phi) is 5.27. The van der Waals surface area contributed by atoms with Gasteiger partial charge in [0, 0.05) is 5.39 Å². The van der Waals surface area contributed by atoms with Gasteiger partial charge in [0.15, 0.2) is 0 Å². The number of carbonyl (C=O) groups excluding carboxylic acids is 1. The van der Waals surface area contributed by atoms with E-state index < -0.39 is 23.5 Å². The van der Waals surface area contributed by atoms with E-state index in [2.05, 4.69) is 0 Å². The zero-order valence-corrected chi connectivity index (χ0v) is 15.1. The Bertz CT molecular complexity index is 1020. The van der Waals surface area contributed by atoms with E-state index >= 15 is 0 Å². The summed E-state index contributed by atoms with van der Waals surface area (Å²) >= 11 is 0. The van der Waals surface area contributed by atoms with Crippen LogP contribution in [-0.2, 0) is 17.5 Å². The zero-order valence-electron chi connectivity index (χ0n) is 15.1. The summed E-state index contributed by atoms with van der Waals surface area (Å²) in [6.07, 6.45) is -4.42. The van der Waals surface area contributed by atoms with Crippen molar-refractivity contribution in [1.82, 2.24) is 0 Å². The van der Waals surface area contributed by atoms with Crippen LogP contribution >= 0.6 is 0 Å². The summed E-state index contributed by atoms with van der Waals surface area (Å²) in [7, 11) is 1.22. The monoisotopic (exact) mass is 392 g/mol. The van der Waals surface area contributed by atoms with Gasteiger partial charge in [0.2, 0.25) is 0 Å². The predicted octanol–water partition coefficient (Wildman–Crippen LogP) is 5.67. The molecule has 3 aromatic rings. The first-order chi connectivity index (χ1) is 13.2. The van der Waals surface area contributed by atoms with Crippen LogP contribution < -0.4 is 4.74 Å². The third-order valence-electron chi connectivity index (χ3n) is 4.32. The number of rotatable bonds is 4. The molecule has 146 valence electrons. The Balaban J connectivity index is 1.98. The lowest BCUT2D eigenvalue weighted by Crippen LogP contribution is -2.07. The van der Waals surface area contributed by atoms with Gasteiger partial charge in [0.25, 0.3) is 0 Å². The molecule has 3 rings (SSSR count). The molecule has 0 unspecified atom stereocenters. The van der Waals surface area contributed by atoms with Crippen LogP contribution in [0.2, 0.25) is 0 Å². The van der Waals surface area contributed by atoms with E-state index in [1.54, 1.807) is 19.1 Å². The van der Waals surface area contributed by atoms with E-state index in [4.69, 9.17) is 9.47 Å². The van der Waals surface area contributed by atoms with Crippen molar-refractivity contribution in [1.29, 1.82) is 0 Å². The van der Waals surface area contributed by atoms with E-state index in [-0.39, 0.29) is 17.9 Å². The Hall–Kier alpha value is -3.09. The summed E-state index contributed by atoms with van der Waals surface area (Å²) in [5, 5.41) is 1.03. The van der Waals surface area contributed by atoms with Crippen LogP contribution in [-0.4, -0.2) is 13.1 Å². The number of carbonyl (C=O) groups is 1. The van der Waals surface area contributed by atoms with Crippen molar-refractivity contribution in [2.75, 3.05) is 7.11 Å². The Morgan fingerprint density at radius 2 is 1.71 bits per heavy atom. The molecule has 0 atom stereocenters. The molecule has 0 fully saturated rings. The molecule has 0 bridgehead atoms. The van der Waals surface area contributed by atoms with Gasteiger partial charge in [-0.05, 0) is 53.8 Å². The van der Waals surface area contributed by atoms with Crippen molar-refractivity contribution in [2.45, 2.75) is 19.7 Å². The van der Waals surface area contributed by atoms with E-state index in [0.29, 0.717) is 21.9 Å². The maximum Gasteiger partial charge on any atom is 0.416 e. The minimum Gasteiger partial charge on any atom is -0.487 e. The second-order valence-electron chi connectivity index (χ2n) is 6.24. The van der Waals surface area contributed by atoms with E-state index in [9.17, 15) is 22.4 Å². The lowest BCUT2D eigenvalue weighted by Gasteiger charge is -2.15. The molecule has 0 aromatic heterocycles. The summed E-state index contributed by atoms with van der Waals surface area (Å²) in [6, 6.07) is 10.5. The first-order valence-electron chi connectivity index (χ1n) is 8.31. The fourth-order valence-corrected chi connectivity index (χ4v) is 2.80. The molecular formula is C21H16F4O3. The normalized spacial score (nSPS) is 11.5. The van der Waals surface area contributed by atoms with Crippen molar-refractivity contribution in [3.63, 3.8) is 0 Å². The van der Waals surface area contributed by atoms with Crippen LogP contribution in [0, 0.1) is 12.7 Å². The highest BCUT2D eigenvalue weighted by atomic mass is 19.4. The molecule has 0 aliphatic heterocycles. The minimum atomic E-state index is -4.42. The van der Waals surface area contributed by atoms with Crippen molar-refractivity contribution in [3.8, 4) is 5.75 Å². The fraction of sp³-hybridized carbons (Fsp3) is 0.190. The molecule has 3 aromatic carbocycles. The lowest BCUT2D eigenvalue weighted by molar-refractivity contribution is -0.137. The minimum absolute atomic E-state index is 0.0718. The molecule has 0 heterocycles. The zero-order chi connectivity index (χ0) is 20.5. The average molecular weight is 392 g/mol. The van der Waals surface area contributed by atoms with Gasteiger partial charge in [-0.15, -0.1) is 0 Å². The van der Waals surface area contributed by atoms with Crippen molar-refractivity contribution in [2.24, 2.45) is 0 Å². The third-order valence-corrected chi connectivity index (χ3v) is 4.32. The quantitative estimate of drug-likeness (QED) is 0.424. The summed E-state index contributed by atoms with van der Waals surface area (Å²) < 4.78 is 62.5. The van der Waals surface area contributed by atoms with Gasteiger partial charge in [0.05, 0.1) is 12.7 Å². The van der Waals surface area contributed by atoms with Crippen molar-refractivity contribution < 1.29 is 31.8 Å². The van der Waals surface area contributed by atoms with Crippen LogP contribution in [0.4, 0.5) is 17.6 Å². The summed E-state index contributed by atoms with van der Waals surface area (Å²) in [6.45, 7) is 1.51. The number of benzene rings is 3. The topological polar surface area (TPSA) is 35.5 Å². The number of esters is 1. The second kappa shape index (κ2) is 7.50. The molecule has 0 N–H and O–H groups in total. The van der Waals surface area contributed by atoms with E-state index in [1.165, 1.54) is 31.4 Å². The fourth-order valence-electron chi connectivity index (χ4n) is 2.80. The lowest BCUT2D eigenvalue weighted by atomic mass is 10.0. The maximum absolute atomic E-state index is 13.9. The van der Waals surface area contributed by atoms with Gasteiger partial charge in [-0.25, -0.2) is 9.18 Å². The van der Waals surface area contributed by atoms with Gasteiger partial charge in [0.1, 0.15) is 23.7 Å². The van der Waals surface area contributed by atoms with Crippen LogP contribution in [0.1, 0.15) is 27.0 Å². The number of methoxy groups -OCH3 is 1. The number of aryl methyl sites for hydroxylation is 1. The molecule has 0 amide bonds. The number of halogens is 4. The number of alkyl halides is 3. The largest absolute Gasteiger partial charge is 0.487 e. The van der Waals surface area contributed by atoms with Crippen LogP contribution in [0.15, 0.2) is 48.5 Å². The van der Waals surface area contributed by atoms with Crippen LogP contribution in [0.25, 0.3) is 10.8 Å². The SMILES string of the molecule is COC(=O)c1ccc2cc(F)c(C)cc2c1OCc1ccc(C(F)(F)F)cc1. The first kappa shape index (κ1) is 19.7. The van der Waals surface area contributed by atoms with Crippen molar-refractivity contribution >= 4 is 16.7 Å². The van der Waals surface area contributed by atoms with Gasteiger partial charge in [-0.3, -0.25) is 0 Å². The Labute approximate surface area is 158 Å². The molecule has 28 heavy (non-hydrogen) atoms. The molecular weight excluding hydrogens is 376 g/mol. The smallest absolute Gasteiger partial charge is 0.416 e. The molecule has 0 saturated heterocycles. The summed E-state index contributed by atoms with van der Waals surface area (Å²) in [5.74, 6) is -0.842. The highest BCUT2D eigenvalue weighted by Crippen LogP contribution is 2.33. The average Bonchev–Trinajstić information content (AvgIpc) is 2.66. The maximum atomic E-state index is 13.9. The van der Waals surface area contributed by atoms with Crippen LogP contribution in [0.5, 0.6) is 5.75 Å². The highest BCUT2D eigenvalue weighted by molar-refractivity contribution is 6.01. The number of ether oxygens (including phenoxy) is 2. The van der Waals surface area contributed by atoms with E-state index in [0.717, 1.165) is 12.1 Å². The Morgan fingerprint density at radius 3 is 2.32 bits per heavy atom. The van der Waals surface area contributed by atoms with Gasteiger partial charge >= 0.3 is 12.1 Å². The van der Waals surface area contributed by atoms with Gasteiger partial charge in [-0.1, -0.05) is 18.2 Å². The van der Waals surface area contributed by atoms with Crippen LogP contribution in [0.3, 0.4) is 0 Å². The van der Waals surface area contributed by atoms with Crippen molar-refractivity contribution in [3.05, 3.63) is 76.6 Å². The summed E-state index contributed by atoms with van der Waals surface area (Å²) in [5.41, 5.74) is 0.240. The van der Waals surface area contributed by atoms with Gasteiger partial charge in [-0.2, -0.15) is 13.2 Å². The second-order valence-corrected chi connectivity index (χ2v) is 6.24. The molecule has 0 aliphatic rings. The number of fused-ring (bicyclic) bond motifs is 1. The van der Waals surface area contributed by atoms with Gasteiger partial charge < -0.3 is 9.47 Å². The molecule has 0 radical (unpaired) electrons. The molecule has 0 spiro atoms. The third kappa shape index (κ3) is 3.93. The first-order valence-corrected chi connectivity index (χ1v) is 8.31. The van der Waals surface area contributed by atoms with E-state index in [1.807, 2.05) is 0 Å². The number of hydrogen-bond donors (Lipinski definition) is 0. The predicted molar refractivity (Wildman–Crippen MR) is 95.8 cm³/mol. The molecule has 0 aliphatic carbocycles. The summed E-state index contributed by atoms with van der Waals surface area (Å²) in [4.78, 5) is 12.1. The highest BCUT2D eigenvalue weighted by Gasteiger charge is 2.30. The Morgan fingerprint density at radius 1 is 1.04 bits per heavy atom. The molecule has 0 saturated carbocycles. The standard InChI is InChI=1S/C21H16F4O3/c1-12-9-17-14(10-18(12)22)5-8-16(20(26)27-2)19(17)28-11-13-3-6-15(7-4-13)21(23,24)25/h3-10H,11H2,1-2H3. The molecule has 7 heteroatoms. The number of hydrogen-bond acceptors (Lipinski definition) is 3. The molecule has 3 nitrogen and oxygen atoms in total.